The van der Waals surface area contributed by atoms with Crippen molar-refractivity contribution in [2.45, 2.75) is 52.5 Å². The van der Waals surface area contributed by atoms with E-state index in [9.17, 15) is 4.79 Å². The van der Waals surface area contributed by atoms with Gasteiger partial charge in [0.2, 0.25) is 0 Å². The first kappa shape index (κ1) is 25.9. The molecule has 198 valence electrons. The van der Waals surface area contributed by atoms with Gasteiger partial charge in [-0.25, -0.2) is 14.5 Å². The van der Waals surface area contributed by atoms with Gasteiger partial charge in [-0.15, -0.1) is 0 Å². The summed E-state index contributed by atoms with van der Waals surface area (Å²) >= 11 is 0. The molecule has 0 amide bonds. The van der Waals surface area contributed by atoms with Crippen molar-refractivity contribution in [3.63, 3.8) is 0 Å². The SMILES string of the molecule is CCOC(=O)c1cc(CCCN2CCCCC2)nc2c1c(C)nn2Cc1ccc(Oc2ccccc2)cc1. The first-order chi connectivity index (χ1) is 18.6. The smallest absolute Gasteiger partial charge is 0.339 e. The van der Waals surface area contributed by atoms with Gasteiger partial charge in [-0.05, 0) is 95.1 Å². The first-order valence-corrected chi connectivity index (χ1v) is 13.7. The molecule has 1 aliphatic heterocycles. The second-order valence-corrected chi connectivity index (χ2v) is 9.89. The topological polar surface area (TPSA) is 69.5 Å². The quantitative estimate of drug-likeness (QED) is 0.237. The molecule has 0 aliphatic carbocycles. The van der Waals surface area contributed by atoms with Crippen molar-refractivity contribution in [2.75, 3.05) is 26.2 Å². The molecule has 7 nitrogen and oxygen atoms in total. The highest BCUT2D eigenvalue weighted by Gasteiger charge is 2.21. The molecule has 1 fully saturated rings. The molecule has 0 bridgehead atoms. The van der Waals surface area contributed by atoms with E-state index in [1.165, 1.54) is 32.4 Å². The largest absolute Gasteiger partial charge is 0.462 e. The third-order valence-electron chi connectivity index (χ3n) is 7.02. The van der Waals surface area contributed by atoms with Crippen molar-refractivity contribution >= 4 is 17.0 Å². The van der Waals surface area contributed by atoms with E-state index in [2.05, 4.69) is 4.90 Å². The molecule has 5 rings (SSSR count). The Morgan fingerprint density at radius 1 is 0.974 bits per heavy atom. The molecule has 0 saturated carbocycles. The normalized spacial score (nSPS) is 14.1. The fraction of sp³-hybridized carbons (Fsp3) is 0.387. The summed E-state index contributed by atoms with van der Waals surface area (Å²) in [5, 5.41) is 5.55. The molecule has 2 aromatic heterocycles. The molecule has 0 N–H and O–H groups in total. The number of pyridine rings is 1. The lowest BCUT2D eigenvalue weighted by Gasteiger charge is -2.26. The summed E-state index contributed by atoms with van der Waals surface area (Å²) in [7, 11) is 0. The lowest BCUT2D eigenvalue weighted by molar-refractivity contribution is 0.0528. The number of aromatic nitrogens is 3. The molecular weight excluding hydrogens is 476 g/mol. The Bertz CT molecular complexity index is 1360. The highest BCUT2D eigenvalue weighted by Crippen LogP contribution is 2.26. The molecular formula is C31H36N4O3. The number of aryl methyl sites for hydroxylation is 2. The van der Waals surface area contributed by atoms with E-state index >= 15 is 0 Å². The minimum Gasteiger partial charge on any atom is -0.462 e. The van der Waals surface area contributed by atoms with E-state index in [0.29, 0.717) is 18.7 Å². The van der Waals surface area contributed by atoms with Gasteiger partial charge in [0.1, 0.15) is 11.5 Å². The first-order valence-electron chi connectivity index (χ1n) is 13.7. The highest BCUT2D eigenvalue weighted by molar-refractivity contribution is 6.03. The monoisotopic (exact) mass is 512 g/mol. The van der Waals surface area contributed by atoms with E-state index < -0.39 is 0 Å². The molecule has 2 aromatic carbocycles. The van der Waals surface area contributed by atoms with Gasteiger partial charge in [0.05, 0.1) is 29.8 Å². The van der Waals surface area contributed by atoms with Crippen molar-refractivity contribution < 1.29 is 14.3 Å². The van der Waals surface area contributed by atoms with E-state index in [-0.39, 0.29) is 5.97 Å². The van der Waals surface area contributed by atoms with Crippen molar-refractivity contribution in [1.82, 2.24) is 19.7 Å². The number of carbonyl (C=O) groups excluding carboxylic acids is 1. The Kier molecular flexibility index (Phi) is 8.34. The maximum atomic E-state index is 12.9. The Hall–Kier alpha value is -3.71. The van der Waals surface area contributed by atoms with E-state index in [0.717, 1.165) is 58.9 Å². The van der Waals surface area contributed by atoms with Crippen LogP contribution in [0.5, 0.6) is 11.5 Å². The average Bonchev–Trinajstić information content (AvgIpc) is 3.25. The standard InChI is InChI=1S/C31H36N4O3/c1-3-37-31(36)28-21-25(11-10-20-34-18-8-5-9-19-34)32-30-29(28)23(2)33-35(30)22-24-14-16-27(17-15-24)38-26-12-6-4-7-13-26/h4,6-7,12-17,21H,3,5,8-11,18-20,22H2,1-2H3. The summed E-state index contributed by atoms with van der Waals surface area (Å²) in [6.45, 7) is 8.06. The third kappa shape index (κ3) is 6.22. The van der Waals surface area contributed by atoms with Crippen molar-refractivity contribution in [1.29, 1.82) is 0 Å². The fourth-order valence-electron chi connectivity index (χ4n) is 5.14. The number of benzene rings is 2. The number of hydrogen-bond donors (Lipinski definition) is 0. The van der Waals surface area contributed by atoms with Crippen LogP contribution in [0.2, 0.25) is 0 Å². The zero-order chi connectivity index (χ0) is 26.3. The summed E-state index contributed by atoms with van der Waals surface area (Å²) in [4.78, 5) is 20.5. The molecule has 1 saturated heterocycles. The van der Waals surface area contributed by atoms with Crippen LogP contribution < -0.4 is 4.74 Å². The Morgan fingerprint density at radius 2 is 1.71 bits per heavy atom. The van der Waals surface area contributed by atoms with Gasteiger partial charge in [-0.1, -0.05) is 36.8 Å². The summed E-state index contributed by atoms with van der Waals surface area (Å²) in [6.07, 6.45) is 5.74. The van der Waals surface area contributed by atoms with Crippen LogP contribution in [0.25, 0.3) is 11.0 Å². The van der Waals surface area contributed by atoms with Crippen LogP contribution >= 0.6 is 0 Å². The summed E-state index contributed by atoms with van der Waals surface area (Å²) in [5.74, 6) is 1.26. The number of ether oxygens (including phenoxy) is 2. The average molecular weight is 513 g/mol. The highest BCUT2D eigenvalue weighted by atomic mass is 16.5. The van der Waals surface area contributed by atoms with Gasteiger partial charge in [-0.2, -0.15) is 5.10 Å². The molecule has 38 heavy (non-hydrogen) atoms. The van der Waals surface area contributed by atoms with Crippen LogP contribution in [-0.4, -0.2) is 51.9 Å². The van der Waals surface area contributed by atoms with Crippen molar-refractivity contribution in [3.8, 4) is 11.5 Å². The number of likely N-dealkylation sites (tertiary alicyclic amines) is 1. The Labute approximate surface area is 224 Å². The van der Waals surface area contributed by atoms with Crippen LogP contribution in [0.15, 0.2) is 60.7 Å². The summed E-state index contributed by atoms with van der Waals surface area (Å²) in [5.41, 5.74) is 4.04. The van der Waals surface area contributed by atoms with E-state index in [1.54, 1.807) is 0 Å². The molecule has 0 radical (unpaired) electrons. The van der Waals surface area contributed by atoms with Crippen LogP contribution in [-0.2, 0) is 17.7 Å². The lowest BCUT2D eigenvalue weighted by Crippen LogP contribution is -2.30. The second-order valence-electron chi connectivity index (χ2n) is 9.89. The minimum absolute atomic E-state index is 0.317. The van der Waals surface area contributed by atoms with Crippen LogP contribution in [0.1, 0.15) is 59.9 Å². The van der Waals surface area contributed by atoms with Crippen LogP contribution in [0, 0.1) is 6.92 Å². The zero-order valence-corrected chi connectivity index (χ0v) is 22.4. The van der Waals surface area contributed by atoms with Gasteiger partial charge in [0.25, 0.3) is 0 Å². The maximum Gasteiger partial charge on any atom is 0.339 e. The minimum atomic E-state index is -0.317. The van der Waals surface area contributed by atoms with Crippen LogP contribution in [0.3, 0.4) is 0 Å². The molecule has 0 spiro atoms. The van der Waals surface area contributed by atoms with Crippen LogP contribution in [0.4, 0.5) is 0 Å². The van der Waals surface area contributed by atoms with Gasteiger partial charge in [0, 0.05) is 5.69 Å². The molecule has 0 atom stereocenters. The number of carbonyl (C=O) groups is 1. The van der Waals surface area contributed by atoms with Crippen molar-refractivity contribution in [3.05, 3.63) is 83.2 Å². The fourth-order valence-corrected chi connectivity index (χ4v) is 5.14. The molecule has 3 heterocycles. The molecule has 7 heteroatoms. The predicted molar refractivity (Wildman–Crippen MR) is 149 cm³/mol. The van der Waals surface area contributed by atoms with Gasteiger partial charge in [-0.3, -0.25) is 0 Å². The number of para-hydroxylation sites is 1. The van der Waals surface area contributed by atoms with E-state index in [4.69, 9.17) is 19.6 Å². The maximum absolute atomic E-state index is 12.9. The number of piperidine rings is 1. The molecule has 4 aromatic rings. The van der Waals surface area contributed by atoms with Gasteiger partial charge in [0.15, 0.2) is 5.65 Å². The van der Waals surface area contributed by atoms with E-state index in [1.807, 2.05) is 79.2 Å². The molecule has 0 unspecified atom stereocenters. The zero-order valence-electron chi connectivity index (χ0n) is 22.4. The number of fused-ring (bicyclic) bond motifs is 1. The summed E-state index contributed by atoms with van der Waals surface area (Å²) in [6, 6.07) is 19.6. The van der Waals surface area contributed by atoms with Crippen molar-refractivity contribution in [2.24, 2.45) is 0 Å². The second kappa shape index (κ2) is 12.2. The lowest BCUT2D eigenvalue weighted by atomic mass is 10.1. The number of hydrogen-bond acceptors (Lipinski definition) is 6. The Balaban J connectivity index is 1.38. The van der Waals surface area contributed by atoms with Gasteiger partial charge >= 0.3 is 5.97 Å². The Morgan fingerprint density at radius 3 is 2.45 bits per heavy atom. The van der Waals surface area contributed by atoms with Gasteiger partial charge < -0.3 is 14.4 Å². The number of nitrogens with zero attached hydrogens (tertiary/aromatic N) is 4. The third-order valence-corrected chi connectivity index (χ3v) is 7.02. The summed E-state index contributed by atoms with van der Waals surface area (Å²) < 4.78 is 13.2. The number of rotatable bonds is 10. The molecule has 1 aliphatic rings. The number of esters is 1. The predicted octanol–water partition coefficient (Wildman–Crippen LogP) is 6.18.